The molecular weight excluding hydrogens is 448 g/mol. The van der Waals surface area contributed by atoms with E-state index in [-0.39, 0.29) is 40.1 Å². The summed E-state index contributed by atoms with van der Waals surface area (Å²) in [6, 6.07) is 14.2. The smallest absolute Gasteiger partial charge is 0.243 e. The molecule has 0 spiro atoms. The Hall–Kier alpha value is -2.38. The lowest BCUT2D eigenvalue weighted by Crippen LogP contribution is -2.66. The quantitative estimate of drug-likeness (QED) is 0.719. The second-order valence-corrected chi connectivity index (χ2v) is 12.8. The van der Waals surface area contributed by atoms with E-state index >= 15 is 0 Å². The lowest BCUT2D eigenvalue weighted by atomic mass is 9.51. The van der Waals surface area contributed by atoms with Crippen LogP contribution in [0.1, 0.15) is 51.2 Å². The van der Waals surface area contributed by atoms with Gasteiger partial charge in [-0.25, -0.2) is 8.42 Å². The highest BCUT2D eigenvalue weighted by atomic mass is 32.2. The van der Waals surface area contributed by atoms with E-state index in [0.29, 0.717) is 38.1 Å². The highest BCUT2D eigenvalue weighted by Gasteiger charge is 2.57. The van der Waals surface area contributed by atoms with Gasteiger partial charge in [0.1, 0.15) is 5.75 Å². The minimum absolute atomic E-state index is 0.0411. The number of rotatable bonds is 3. The monoisotopic (exact) mass is 482 g/mol. The van der Waals surface area contributed by atoms with Gasteiger partial charge in [-0.15, -0.1) is 0 Å². The molecule has 0 saturated carbocycles. The molecule has 1 amide bonds. The van der Waals surface area contributed by atoms with Crippen LogP contribution in [0, 0.1) is 11.3 Å². The molecule has 1 aliphatic carbocycles. The molecule has 2 saturated heterocycles. The number of phenols is 1. The van der Waals surface area contributed by atoms with E-state index in [0.717, 1.165) is 12.0 Å². The Labute approximate surface area is 202 Å². The Kier molecular flexibility index (Phi) is 5.56. The number of benzene rings is 2. The second-order valence-electron chi connectivity index (χ2n) is 10.9. The van der Waals surface area contributed by atoms with E-state index in [4.69, 9.17) is 0 Å². The maximum Gasteiger partial charge on any atom is 0.243 e. The molecule has 2 fully saturated rings. The van der Waals surface area contributed by atoms with Gasteiger partial charge in [0, 0.05) is 31.1 Å². The number of nitrogens with zero attached hydrogens (tertiary/aromatic N) is 2. The fourth-order valence-corrected chi connectivity index (χ4v) is 8.07. The molecular formula is C27H34N2O4S. The third-order valence-electron chi connectivity index (χ3n) is 9.02. The molecule has 1 unspecified atom stereocenters. The van der Waals surface area contributed by atoms with Crippen molar-refractivity contribution in [2.75, 3.05) is 19.6 Å². The van der Waals surface area contributed by atoms with Crippen LogP contribution in [-0.2, 0) is 26.7 Å². The van der Waals surface area contributed by atoms with Crippen LogP contribution in [0.25, 0.3) is 0 Å². The summed E-state index contributed by atoms with van der Waals surface area (Å²) in [4.78, 5) is 16.2. The zero-order valence-corrected chi connectivity index (χ0v) is 21.0. The molecule has 182 valence electrons. The summed E-state index contributed by atoms with van der Waals surface area (Å²) in [5.41, 5.74) is 1.82. The van der Waals surface area contributed by atoms with Crippen LogP contribution in [0.15, 0.2) is 53.4 Å². The first-order chi connectivity index (χ1) is 16.1. The van der Waals surface area contributed by atoms with Gasteiger partial charge in [0.2, 0.25) is 15.9 Å². The van der Waals surface area contributed by atoms with Crippen molar-refractivity contribution >= 4 is 15.9 Å². The van der Waals surface area contributed by atoms with Crippen molar-refractivity contribution in [3.63, 3.8) is 0 Å². The number of fused-ring (bicyclic) bond motifs is 4. The first-order valence-electron chi connectivity index (χ1n) is 12.2. The van der Waals surface area contributed by atoms with E-state index in [1.165, 1.54) is 9.87 Å². The van der Waals surface area contributed by atoms with Crippen molar-refractivity contribution in [3.8, 4) is 5.75 Å². The second kappa shape index (κ2) is 8.09. The Balaban J connectivity index is 1.42. The minimum Gasteiger partial charge on any atom is -0.508 e. The van der Waals surface area contributed by atoms with Gasteiger partial charge in [0.05, 0.1) is 10.8 Å². The Bertz CT molecular complexity index is 1210. The number of sulfonamides is 1. The maximum atomic E-state index is 13.9. The molecule has 2 aromatic carbocycles. The predicted octanol–water partition coefficient (Wildman–Crippen LogP) is 3.93. The average molecular weight is 483 g/mol. The van der Waals surface area contributed by atoms with Crippen LogP contribution in [-0.4, -0.2) is 54.3 Å². The summed E-state index contributed by atoms with van der Waals surface area (Å²) < 4.78 is 27.9. The lowest BCUT2D eigenvalue weighted by molar-refractivity contribution is -0.149. The zero-order valence-electron chi connectivity index (χ0n) is 20.2. The molecule has 34 heavy (non-hydrogen) atoms. The third-order valence-corrected chi connectivity index (χ3v) is 10.9. The molecule has 2 bridgehead atoms. The van der Waals surface area contributed by atoms with Gasteiger partial charge in [0.15, 0.2) is 0 Å². The van der Waals surface area contributed by atoms with Gasteiger partial charge >= 0.3 is 0 Å². The first kappa shape index (κ1) is 23.4. The number of hydrogen-bond donors (Lipinski definition) is 1. The summed E-state index contributed by atoms with van der Waals surface area (Å²) in [6.07, 6.45) is 2.81. The van der Waals surface area contributed by atoms with Gasteiger partial charge in [-0.2, -0.15) is 4.31 Å². The molecule has 3 atom stereocenters. The lowest BCUT2D eigenvalue weighted by Gasteiger charge is -2.61. The Morgan fingerprint density at radius 2 is 1.76 bits per heavy atom. The van der Waals surface area contributed by atoms with E-state index < -0.39 is 10.0 Å². The molecule has 6 nitrogen and oxygen atoms in total. The SMILES string of the molecule is CC1(C)[C@H]2Cc3c(O)cccc3[C@]1(C)CCN2C(=O)C1CCCN(S(=O)(=O)c2ccccc2)C1. The fourth-order valence-electron chi connectivity index (χ4n) is 6.53. The van der Waals surface area contributed by atoms with Crippen LogP contribution < -0.4 is 0 Å². The van der Waals surface area contributed by atoms with Crippen molar-refractivity contribution in [2.24, 2.45) is 11.3 Å². The van der Waals surface area contributed by atoms with Crippen LogP contribution >= 0.6 is 0 Å². The van der Waals surface area contributed by atoms with Gasteiger partial charge in [0.25, 0.3) is 0 Å². The highest BCUT2D eigenvalue weighted by Crippen LogP contribution is 2.57. The van der Waals surface area contributed by atoms with Crippen molar-refractivity contribution in [1.82, 2.24) is 9.21 Å². The van der Waals surface area contributed by atoms with Crippen molar-refractivity contribution in [1.29, 1.82) is 0 Å². The third kappa shape index (κ3) is 3.39. The Morgan fingerprint density at radius 3 is 2.50 bits per heavy atom. The largest absolute Gasteiger partial charge is 0.508 e. The molecule has 0 aromatic heterocycles. The molecule has 2 aliphatic heterocycles. The van der Waals surface area contributed by atoms with Crippen molar-refractivity contribution in [3.05, 3.63) is 59.7 Å². The number of likely N-dealkylation sites (tertiary alicyclic amines) is 1. The summed E-state index contributed by atoms with van der Waals surface area (Å²) in [7, 11) is -3.62. The summed E-state index contributed by atoms with van der Waals surface area (Å²) in [5.74, 6) is 0.00133. The summed E-state index contributed by atoms with van der Waals surface area (Å²) in [5, 5.41) is 10.6. The van der Waals surface area contributed by atoms with Gasteiger partial charge in [-0.05, 0) is 60.4 Å². The number of hydrogen-bond acceptors (Lipinski definition) is 4. The molecule has 5 rings (SSSR count). The molecule has 1 N–H and O–H groups in total. The molecule has 2 aromatic rings. The minimum atomic E-state index is -3.62. The summed E-state index contributed by atoms with van der Waals surface area (Å²) >= 11 is 0. The van der Waals surface area contributed by atoms with Crippen LogP contribution in [0.2, 0.25) is 0 Å². The normalized spacial score (nSPS) is 28.9. The van der Waals surface area contributed by atoms with Crippen molar-refractivity contribution < 1.29 is 18.3 Å². The standard InChI is InChI=1S/C27H34N2O4S/c1-26(2)24-17-21-22(12-7-13-23(21)30)27(26,3)14-16-29(24)25(31)19-9-8-15-28(18-19)34(32,33)20-10-5-4-6-11-20/h4-7,10-13,19,24,30H,8-9,14-18H2,1-3H3/t19?,24-,27+/m1/s1. The Morgan fingerprint density at radius 1 is 1.03 bits per heavy atom. The van der Waals surface area contributed by atoms with Crippen molar-refractivity contribution in [2.45, 2.75) is 62.8 Å². The molecule has 7 heteroatoms. The number of aromatic hydroxyl groups is 1. The van der Waals surface area contributed by atoms with Crippen LogP contribution in [0.5, 0.6) is 5.75 Å². The topological polar surface area (TPSA) is 77.9 Å². The van der Waals surface area contributed by atoms with Crippen LogP contribution in [0.4, 0.5) is 0 Å². The van der Waals surface area contributed by atoms with E-state index in [9.17, 15) is 18.3 Å². The number of carbonyl (C=O) groups is 1. The van der Waals surface area contributed by atoms with Gasteiger partial charge < -0.3 is 10.0 Å². The van der Waals surface area contributed by atoms with Gasteiger partial charge in [-0.1, -0.05) is 51.1 Å². The predicted molar refractivity (Wildman–Crippen MR) is 131 cm³/mol. The van der Waals surface area contributed by atoms with E-state index in [1.807, 2.05) is 11.0 Å². The van der Waals surface area contributed by atoms with E-state index in [2.05, 4.69) is 26.8 Å². The maximum absolute atomic E-state index is 13.9. The number of amides is 1. The zero-order chi connectivity index (χ0) is 24.3. The molecule has 0 radical (unpaired) electrons. The number of piperidine rings is 2. The number of phenolic OH excluding ortho intramolecular Hbond substituents is 1. The summed E-state index contributed by atoms with van der Waals surface area (Å²) in [6.45, 7) is 8.04. The molecule has 3 aliphatic rings. The molecule has 2 heterocycles. The highest BCUT2D eigenvalue weighted by molar-refractivity contribution is 7.89. The van der Waals surface area contributed by atoms with Crippen LogP contribution in [0.3, 0.4) is 0 Å². The number of carbonyl (C=O) groups excluding carboxylic acids is 1. The average Bonchev–Trinajstić information content (AvgIpc) is 2.82. The fraction of sp³-hybridized carbons (Fsp3) is 0.519. The van der Waals surface area contributed by atoms with Gasteiger partial charge in [-0.3, -0.25) is 4.79 Å². The first-order valence-corrected chi connectivity index (χ1v) is 13.7. The van der Waals surface area contributed by atoms with E-state index in [1.54, 1.807) is 36.4 Å².